The molecule has 1 heterocycles. The first-order chi connectivity index (χ1) is 13.1. The Bertz CT molecular complexity index is 863. The van der Waals surface area contributed by atoms with Crippen molar-refractivity contribution in [1.82, 2.24) is 15.2 Å². The van der Waals surface area contributed by atoms with Crippen LogP contribution in [-0.2, 0) is 17.9 Å². The Balaban J connectivity index is 1.52. The molecule has 0 aliphatic heterocycles. The second-order valence-electron chi connectivity index (χ2n) is 6.19. The number of hydrogen-bond donors (Lipinski definition) is 1. The summed E-state index contributed by atoms with van der Waals surface area (Å²) in [4.78, 5) is 18.5. The second-order valence-corrected chi connectivity index (χ2v) is 6.19. The molecule has 3 rings (SSSR count). The van der Waals surface area contributed by atoms with E-state index in [1.807, 2.05) is 42.2 Å². The average molecular weight is 367 g/mol. The normalized spacial score (nSPS) is 10.9. The molecule has 0 unspecified atom stereocenters. The van der Waals surface area contributed by atoms with Crippen LogP contribution in [0.25, 0.3) is 11.3 Å². The summed E-state index contributed by atoms with van der Waals surface area (Å²) in [5.41, 5.74) is 1.82. The Labute approximate surface area is 157 Å². The number of carbonyl (C=O) groups excluding carboxylic acids is 1. The molecule has 2 aromatic carbocycles. The van der Waals surface area contributed by atoms with Crippen molar-refractivity contribution in [2.75, 3.05) is 13.1 Å². The lowest BCUT2D eigenvalue weighted by Gasteiger charge is -2.18. The minimum absolute atomic E-state index is 0.101. The summed E-state index contributed by atoms with van der Waals surface area (Å²) in [6.45, 7) is 3.73. The standard InChI is InChI=1S/C21H22FN3O2/c1-2-25(14-20(26)23-12-16-8-10-18(22)11-9-16)15-21-24-13-19(27-21)17-6-4-3-5-7-17/h3-11,13H,2,12,14-15H2,1H3,(H,23,26). The van der Waals surface area contributed by atoms with E-state index in [1.54, 1.807) is 18.3 Å². The maximum atomic E-state index is 12.9. The van der Waals surface area contributed by atoms with E-state index in [1.165, 1.54) is 12.1 Å². The monoisotopic (exact) mass is 367 g/mol. The highest BCUT2D eigenvalue weighted by Crippen LogP contribution is 2.20. The van der Waals surface area contributed by atoms with Gasteiger partial charge in [0.25, 0.3) is 0 Å². The van der Waals surface area contributed by atoms with Crippen LogP contribution >= 0.6 is 0 Å². The molecule has 0 saturated heterocycles. The first-order valence-corrected chi connectivity index (χ1v) is 8.87. The number of aromatic nitrogens is 1. The molecule has 1 N–H and O–H groups in total. The lowest BCUT2D eigenvalue weighted by Crippen LogP contribution is -2.36. The van der Waals surface area contributed by atoms with Gasteiger partial charge in [-0.2, -0.15) is 0 Å². The molecular formula is C21H22FN3O2. The highest BCUT2D eigenvalue weighted by Gasteiger charge is 2.13. The highest BCUT2D eigenvalue weighted by atomic mass is 19.1. The molecule has 0 saturated carbocycles. The van der Waals surface area contributed by atoms with Crippen molar-refractivity contribution in [3.8, 4) is 11.3 Å². The third-order valence-corrected chi connectivity index (χ3v) is 4.19. The molecule has 0 radical (unpaired) electrons. The second kappa shape index (κ2) is 9.09. The highest BCUT2D eigenvalue weighted by molar-refractivity contribution is 5.78. The first kappa shape index (κ1) is 18.8. The van der Waals surface area contributed by atoms with Gasteiger partial charge in [-0.25, -0.2) is 9.37 Å². The van der Waals surface area contributed by atoms with Gasteiger partial charge in [-0.1, -0.05) is 49.4 Å². The molecule has 0 aliphatic carbocycles. The number of likely N-dealkylation sites (N-methyl/N-ethyl adjacent to an activating group) is 1. The van der Waals surface area contributed by atoms with Crippen LogP contribution < -0.4 is 5.32 Å². The molecule has 3 aromatic rings. The van der Waals surface area contributed by atoms with E-state index >= 15 is 0 Å². The van der Waals surface area contributed by atoms with E-state index in [2.05, 4.69) is 10.3 Å². The largest absolute Gasteiger partial charge is 0.439 e. The summed E-state index contributed by atoms with van der Waals surface area (Å²) < 4.78 is 18.7. The Kier molecular flexibility index (Phi) is 6.33. The number of carbonyl (C=O) groups is 1. The molecule has 0 atom stereocenters. The minimum Gasteiger partial charge on any atom is -0.439 e. The summed E-state index contributed by atoms with van der Waals surface area (Å²) in [6.07, 6.45) is 1.70. The first-order valence-electron chi connectivity index (χ1n) is 8.87. The summed E-state index contributed by atoms with van der Waals surface area (Å²) in [6, 6.07) is 15.8. The predicted octanol–water partition coefficient (Wildman–Crippen LogP) is 3.62. The van der Waals surface area contributed by atoms with E-state index in [0.29, 0.717) is 31.3 Å². The van der Waals surface area contributed by atoms with Gasteiger partial charge in [0.15, 0.2) is 5.76 Å². The number of halogens is 1. The van der Waals surface area contributed by atoms with Gasteiger partial charge in [-0.05, 0) is 24.2 Å². The SMILES string of the molecule is CCN(CC(=O)NCc1ccc(F)cc1)Cc1ncc(-c2ccccc2)o1. The minimum atomic E-state index is -0.289. The smallest absolute Gasteiger partial charge is 0.234 e. The predicted molar refractivity (Wildman–Crippen MR) is 101 cm³/mol. The van der Waals surface area contributed by atoms with Crippen molar-refractivity contribution in [2.45, 2.75) is 20.0 Å². The fourth-order valence-electron chi connectivity index (χ4n) is 2.65. The van der Waals surface area contributed by atoms with Crippen LogP contribution in [0.3, 0.4) is 0 Å². The third-order valence-electron chi connectivity index (χ3n) is 4.19. The number of nitrogens with zero attached hydrogens (tertiary/aromatic N) is 2. The molecule has 27 heavy (non-hydrogen) atoms. The Morgan fingerprint density at radius 3 is 2.59 bits per heavy atom. The summed E-state index contributed by atoms with van der Waals surface area (Å²) in [5.74, 6) is 0.892. The number of nitrogens with one attached hydrogen (secondary N) is 1. The van der Waals surface area contributed by atoms with E-state index in [4.69, 9.17) is 4.42 Å². The van der Waals surface area contributed by atoms with Crippen LogP contribution in [0.2, 0.25) is 0 Å². The number of amides is 1. The zero-order valence-corrected chi connectivity index (χ0v) is 15.2. The van der Waals surface area contributed by atoms with Crippen molar-refractivity contribution in [3.05, 3.63) is 78.1 Å². The van der Waals surface area contributed by atoms with Crippen LogP contribution in [-0.4, -0.2) is 28.9 Å². The van der Waals surface area contributed by atoms with E-state index in [9.17, 15) is 9.18 Å². The van der Waals surface area contributed by atoms with Crippen molar-refractivity contribution in [2.24, 2.45) is 0 Å². The maximum absolute atomic E-state index is 12.9. The number of oxazole rings is 1. The van der Waals surface area contributed by atoms with Gasteiger partial charge < -0.3 is 9.73 Å². The lowest BCUT2D eigenvalue weighted by atomic mass is 10.2. The molecule has 1 amide bonds. The van der Waals surface area contributed by atoms with Crippen LogP contribution in [0.15, 0.2) is 65.2 Å². The fraction of sp³-hybridized carbons (Fsp3) is 0.238. The van der Waals surface area contributed by atoms with Gasteiger partial charge in [0.05, 0.1) is 19.3 Å². The number of rotatable bonds is 8. The Morgan fingerprint density at radius 2 is 1.89 bits per heavy atom. The topological polar surface area (TPSA) is 58.4 Å². The quantitative estimate of drug-likeness (QED) is 0.661. The zero-order valence-electron chi connectivity index (χ0n) is 15.2. The summed E-state index contributed by atoms with van der Waals surface area (Å²) in [7, 11) is 0. The van der Waals surface area contributed by atoms with E-state index in [-0.39, 0.29) is 18.3 Å². The van der Waals surface area contributed by atoms with Crippen LogP contribution in [0.1, 0.15) is 18.4 Å². The van der Waals surface area contributed by atoms with Gasteiger partial charge in [0, 0.05) is 12.1 Å². The van der Waals surface area contributed by atoms with Crippen molar-refractivity contribution < 1.29 is 13.6 Å². The molecule has 140 valence electrons. The fourth-order valence-corrected chi connectivity index (χ4v) is 2.65. The molecule has 0 spiro atoms. The number of benzene rings is 2. The molecule has 6 heteroatoms. The van der Waals surface area contributed by atoms with Gasteiger partial charge in [-0.3, -0.25) is 9.69 Å². The van der Waals surface area contributed by atoms with Crippen LogP contribution in [0.5, 0.6) is 0 Å². The van der Waals surface area contributed by atoms with E-state index in [0.717, 1.165) is 11.1 Å². The molecule has 1 aromatic heterocycles. The molecule has 0 bridgehead atoms. The van der Waals surface area contributed by atoms with Gasteiger partial charge in [0.2, 0.25) is 11.8 Å². The van der Waals surface area contributed by atoms with Crippen molar-refractivity contribution in [1.29, 1.82) is 0 Å². The zero-order chi connectivity index (χ0) is 19.1. The third kappa shape index (κ3) is 5.49. The van der Waals surface area contributed by atoms with Crippen LogP contribution in [0.4, 0.5) is 4.39 Å². The Hall–Kier alpha value is -2.99. The molecular weight excluding hydrogens is 345 g/mol. The Morgan fingerprint density at radius 1 is 1.15 bits per heavy atom. The molecule has 0 aliphatic rings. The van der Waals surface area contributed by atoms with Crippen molar-refractivity contribution in [3.63, 3.8) is 0 Å². The molecule has 0 fully saturated rings. The summed E-state index contributed by atoms with van der Waals surface area (Å²) >= 11 is 0. The van der Waals surface area contributed by atoms with Gasteiger partial charge in [-0.15, -0.1) is 0 Å². The van der Waals surface area contributed by atoms with Gasteiger partial charge >= 0.3 is 0 Å². The lowest BCUT2D eigenvalue weighted by molar-refractivity contribution is -0.122. The van der Waals surface area contributed by atoms with Crippen LogP contribution in [0, 0.1) is 5.82 Å². The number of hydrogen-bond acceptors (Lipinski definition) is 4. The van der Waals surface area contributed by atoms with Crippen molar-refractivity contribution >= 4 is 5.91 Å². The summed E-state index contributed by atoms with van der Waals surface area (Å²) in [5, 5.41) is 2.85. The van der Waals surface area contributed by atoms with E-state index < -0.39 is 0 Å². The average Bonchev–Trinajstić information content (AvgIpc) is 3.16. The maximum Gasteiger partial charge on any atom is 0.234 e. The van der Waals surface area contributed by atoms with Gasteiger partial charge in [0.1, 0.15) is 5.82 Å². The molecule has 5 nitrogen and oxygen atoms in total.